The zero-order chi connectivity index (χ0) is 12.5. The fourth-order valence-corrected chi connectivity index (χ4v) is 2.80. The van der Waals surface area contributed by atoms with Crippen molar-refractivity contribution in [1.82, 2.24) is 5.16 Å². The van der Waals surface area contributed by atoms with Crippen molar-refractivity contribution in [2.75, 3.05) is 5.73 Å². The molecule has 3 aromatic rings. The van der Waals surface area contributed by atoms with Crippen LogP contribution in [0.5, 0.6) is 0 Å². The van der Waals surface area contributed by atoms with Gasteiger partial charge in [0.25, 0.3) is 0 Å². The van der Waals surface area contributed by atoms with E-state index in [9.17, 15) is 0 Å². The Morgan fingerprint density at radius 3 is 2.61 bits per heavy atom. The molecule has 90 valence electrons. The van der Waals surface area contributed by atoms with Gasteiger partial charge in [-0.3, -0.25) is 0 Å². The second kappa shape index (κ2) is 4.59. The second-order valence-corrected chi connectivity index (χ2v) is 5.62. The molecule has 1 aromatic carbocycles. The molecule has 18 heavy (non-hydrogen) atoms. The van der Waals surface area contributed by atoms with Crippen LogP contribution in [0.1, 0.15) is 0 Å². The van der Waals surface area contributed by atoms with Crippen molar-refractivity contribution in [3.63, 3.8) is 0 Å². The summed E-state index contributed by atoms with van der Waals surface area (Å²) in [5.41, 5.74) is 7.72. The third kappa shape index (κ3) is 1.95. The van der Waals surface area contributed by atoms with E-state index < -0.39 is 0 Å². The quantitative estimate of drug-likeness (QED) is 0.760. The van der Waals surface area contributed by atoms with Crippen molar-refractivity contribution < 1.29 is 4.52 Å². The average Bonchev–Trinajstić information content (AvgIpc) is 2.99. The molecule has 2 heterocycles. The van der Waals surface area contributed by atoms with E-state index in [0.29, 0.717) is 11.6 Å². The minimum Gasteiger partial charge on any atom is -0.380 e. The van der Waals surface area contributed by atoms with Gasteiger partial charge in [-0.1, -0.05) is 27.2 Å². The monoisotopic (exact) mass is 320 g/mol. The largest absolute Gasteiger partial charge is 0.380 e. The summed E-state index contributed by atoms with van der Waals surface area (Å²) in [4.78, 5) is 1.06. The van der Waals surface area contributed by atoms with Gasteiger partial charge in [0.1, 0.15) is 0 Å². The van der Waals surface area contributed by atoms with Crippen LogP contribution in [0.15, 0.2) is 50.8 Å². The Balaban J connectivity index is 2.16. The highest BCUT2D eigenvalue weighted by Gasteiger charge is 2.18. The molecule has 2 aromatic heterocycles. The number of nitrogens with zero attached hydrogens (tertiary/aromatic N) is 1. The molecular formula is C13H9BrN2OS. The highest BCUT2D eigenvalue weighted by Crippen LogP contribution is 2.38. The number of hydrogen-bond donors (Lipinski definition) is 1. The Morgan fingerprint density at radius 1 is 1.17 bits per heavy atom. The number of aromatic nitrogens is 1. The third-order valence-corrected chi connectivity index (χ3v) is 4.01. The molecule has 0 fully saturated rings. The molecule has 3 rings (SSSR count). The smallest absolute Gasteiger partial charge is 0.177 e. The zero-order valence-corrected chi connectivity index (χ0v) is 11.7. The van der Waals surface area contributed by atoms with E-state index in [1.807, 2.05) is 41.8 Å². The van der Waals surface area contributed by atoms with Crippen molar-refractivity contribution in [2.24, 2.45) is 0 Å². The van der Waals surface area contributed by atoms with Crippen LogP contribution in [-0.2, 0) is 0 Å². The van der Waals surface area contributed by atoms with Gasteiger partial charge in [0, 0.05) is 14.9 Å². The van der Waals surface area contributed by atoms with E-state index in [1.165, 1.54) is 0 Å². The first kappa shape index (κ1) is 11.5. The molecule has 0 aliphatic heterocycles. The zero-order valence-electron chi connectivity index (χ0n) is 9.26. The van der Waals surface area contributed by atoms with Crippen molar-refractivity contribution in [3.8, 4) is 21.8 Å². The van der Waals surface area contributed by atoms with Gasteiger partial charge in [-0.15, -0.1) is 11.3 Å². The third-order valence-electron chi connectivity index (χ3n) is 2.59. The van der Waals surface area contributed by atoms with Crippen LogP contribution in [0.4, 0.5) is 5.82 Å². The van der Waals surface area contributed by atoms with Crippen molar-refractivity contribution in [2.45, 2.75) is 0 Å². The van der Waals surface area contributed by atoms with Crippen LogP contribution < -0.4 is 5.73 Å². The molecule has 2 N–H and O–H groups in total. The maximum atomic E-state index is 5.89. The number of benzene rings is 1. The van der Waals surface area contributed by atoms with Gasteiger partial charge in [-0.2, -0.15) is 0 Å². The lowest BCUT2D eigenvalue weighted by atomic mass is 10.1. The molecular weight excluding hydrogens is 312 g/mol. The van der Waals surface area contributed by atoms with Gasteiger partial charge < -0.3 is 10.3 Å². The summed E-state index contributed by atoms with van der Waals surface area (Å²) < 4.78 is 6.39. The Morgan fingerprint density at radius 2 is 1.94 bits per heavy atom. The second-order valence-electron chi connectivity index (χ2n) is 3.76. The molecule has 0 aliphatic carbocycles. The van der Waals surface area contributed by atoms with E-state index in [1.54, 1.807) is 11.3 Å². The Labute approximate surface area is 116 Å². The minimum absolute atomic E-state index is 0.426. The fraction of sp³-hybridized carbons (Fsp3) is 0. The standard InChI is InChI=1S/C13H9BrN2OS/c14-9-5-3-8(4-6-9)12-11(13(15)16-17-12)10-2-1-7-18-10/h1-7H,(H2,15,16). The molecule has 0 radical (unpaired) electrons. The van der Waals surface area contributed by atoms with Crippen LogP contribution in [-0.4, -0.2) is 5.16 Å². The summed E-state index contributed by atoms with van der Waals surface area (Å²) in [6.07, 6.45) is 0. The summed E-state index contributed by atoms with van der Waals surface area (Å²) in [6.45, 7) is 0. The SMILES string of the molecule is Nc1noc(-c2ccc(Br)cc2)c1-c1cccs1. The number of thiophene rings is 1. The van der Waals surface area contributed by atoms with Gasteiger partial charge in [-0.25, -0.2) is 0 Å². The molecule has 0 atom stereocenters. The lowest BCUT2D eigenvalue weighted by molar-refractivity contribution is 0.436. The van der Waals surface area contributed by atoms with Crippen molar-refractivity contribution in [3.05, 3.63) is 46.3 Å². The van der Waals surface area contributed by atoms with E-state index >= 15 is 0 Å². The van der Waals surface area contributed by atoms with Gasteiger partial charge in [0.15, 0.2) is 11.6 Å². The molecule has 0 saturated heterocycles. The highest BCUT2D eigenvalue weighted by molar-refractivity contribution is 9.10. The van der Waals surface area contributed by atoms with Crippen LogP contribution >= 0.6 is 27.3 Å². The summed E-state index contributed by atoms with van der Waals surface area (Å²) in [7, 11) is 0. The topological polar surface area (TPSA) is 52.0 Å². The van der Waals surface area contributed by atoms with E-state index in [-0.39, 0.29) is 0 Å². The van der Waals surface area contributed by atoms with Crippen molar-refractivity contribution >= 4 is 33.1 Å². The molecule has 0 saturated carbocycles. The van der Waals surface area contributed by atoms with Gasteiger partial charge >= 0.3 is 0 Å². The normalized spacial score (nSPS) is 10.7. The first-order valence-corrected chi connectivity index (χ1v) is 6.98. The Kier molecular flexibility index (Phi) is 2.93. The van der Waals surface area contributed by atoms with Gasteiger partial charge in [0.05, 0.1) is 5.56 Å². The maximum absolute atomic E-state index is 5.89. The summed E-state index contributed by atoms with van der Waals surface area (Å²) in [5.74, 6) is 1.14. The van der Waals surface area contributed by atoms with E-state index in [4.69, 9.17) is 10.3 Å². The fourth-order valence-electron chi connectivity index (χ4n) is 1.76. The number of nitrogen functional groups attached to an aromatic ring is 1. The van der Waals surface area contributed by atoms with Crippen molar-refractivity contribution in [1.29, 1.82) is 0 Å². The number of hydrogen-bond acceptors (Lipinski definition) is 4. The van der Waals surface area contributed by atoms with Gasteiger partial charge in [-0.05, 0) is 35.7 Å². The van der Waals surface area contributed by atoms with Crippen LogP contribution in [0.3, 0.4) is 0 Å². The predicted octanol–water partition coefficient (Wildman–Crippen LogP) is 4.41. The molecule has 0 aliphatic rings. The predicted molar refractivity (Wildman–Crippen MR) is 77.4 cm³/mol. The average molecular weight is 321 g/mol. The summed E-state index contributed by atoms with van der Waals surface area (Å²) >= 11 is 5.03. The first-order valence-electron chi connectivity index (χ1n) is 5.30. The lowest BCUT2D eigenvalue weighted by Crippen LogP contribution is -1.86. The number of halogens is 1. The number of rotatable bonds is 2. The number of anilines is 1. The first-order chi connectivity index (χ1) is 8.75. The summed E-state index contributed by atoms with van der Waals surface area (Å²) in [5, 5.41) is 5.88. The molecule has 0 bridgehead atoms. The molecule has 0 spiro atoms. The Hall–Kier alpha value is -1.59. The number of nitrogens with two attached hydrogens (primary N) is 1. The Bertz CT molecular complexity index is 659. The minimum atomic E-state index is 0.426. The van der Waals surface area contributed by atoms with Gasteiger partial charge in [0.2, 0.25) is 0 Å². The summed E-state index contributed by atoms with van der Waals surface area (Å²) in [6, 6.07) is 11.9. The molecule has 0 amide bonds. The van der Waals surface area contributed by atoms with E-state index in [0.717, 1.165) is 20.5 Å². The maximum Gasteiger partial charge on any atom is 0.177 e. The molecule has 3 nitrogen and oxygen atoms in total. The lowest BCUT2D eigenvalue weighted by Gasteiger charge is -2.00. The van der Waals surface area contributed by atoms with E-state index in [2.05, 4.69) is 21.1 Å². The molecule has 0 unspecified atom stereocenters. The highest BCUT2D eigenvalue weighted by atomic mass is 79.9. The van der Waals surface area contributed by atoms with Crippen LogP contribution in [0.25, 0.3) is 21.8 Å². The molecule has 5 heteroatoms. The van der Waals surface area contributed by atoms with Crippen LogP contribution in [0.2, 0.25) is 0 Å². The van der Waals surface area contributed by atoms with Crippen LogP contribution in [0, 0.1) is 0 Å².